The predicted octanol–water partition coefficient (Wildman–Crippen LogP) is 5.60. The molecule has 1 aliphatic heterocycles. The number of benzene rings is 2. The van der Waals surface area contributed by atoms with Gasteiger partial charge in [0.25, 0.3) is 0 Å². The molecule has 3 atom stereocenters. The maximum absolute atomic E-state index is 14.1. The van der Waals surface area contributed by atoms with Gasteiger partial charge in [-0.2, -0.15) is 0 Å². The van der Waals surface area contributed by atoms with E-state index in [1.807, 2.05) is 57.2 Å². The van der Waals surface area contributed by atoms with E-state index >= 15 is 0 Å². The molecule has 0 aromatic heterocycles. The number of carbonyl (C=O) groups excluding carboxylic acids is 3. The summed E-state index contributed by atoms with van der Waals surface area (Å²) in [6.07, 6.45) is 5.41. The second-order valence-electron chi connectivity index (χ2n) is 11.6. The number of methoxy groups -OCH3 is 3. The fourth-order valence-electron chi connectivity index (χ4n) is 5.37. The van der Waals surface area contributed by atoms with Gasteiger partial charge in [-0.05, 0) is 59.2 Å². The third-order valence-corrected chi connectivity index (χ3v) is 7.82. The highest BCUT2D eigenvalue weighted by atomic mass is 16.5. The standard InChI is InChI=1S/C33H44N2O7/c1-9-11-12-13-16-42-31(38)34-28(32(3,4)5)29(36)35-21-33(41-8,20-26(35)30(37)40-7)25-15-14-23-19-27(39-6)22(10-2)17-24(23)18-25/h9-10,14-15,17-19,26,28H,1-2,11-13,16,20-21H2,3-8H3,(H,34,38)/t26-,28?,33-/m0/s1. The number of carbonyl (C=O) groups is 3. The number of alkyl carbamates (subject to hydrolysis) is 1. The number of amides is 2. The molecule has 9 heteroatoms. The van der Waals surface area contributed by atoms with Crippen molar-refractivity contribution in [1.29, 1.82) is 0 Å². The van der Waals surface area contributed by atoms with Gasteiger partial charge in [0.1, 0.15) is 23.4 Å². The summed E-state index contributed by atoms with van der Waals surface area (Å²) in [5.41, 5.74) is -0.0245. The molecule has 1 fully saturated rings. The van der Waals surface area contributed by atoms with Crippen LogP contribution in [0, 0.1) is 5.41 Å². The highest BCUT2D eigenvalue weighted by molar-refractivity contribution is 5.92. The molecular weight excluding hydrogens is 536 g/mol. The van der Waals surface area contributed by atoms with Gasteiger partial charge in [-0.15, -0.1) is 6.58 Å². The van der Waals surface area contributed by atoms with Crippen LogP contribution in [0.1, 0.15) is 57.6 Å². The van der Waals surface area contributed by atoms with Crippen molar-refractivity contribution in [3.05, 3.63) is 60.7 Å². The van der Waals surface area contributed by atoms with Crippen LogP contribution in [-0.4, -0.2) is 69.4 Å². The number of nitrogens with one attached hydrogen (secondary N) is 1. The summed E-state index contributed by atoms with van der Waals surface area (Å²) in [7, 11) is 4.48. The van der Waals surface area contributed by atoms with E-state index in [9.17, 15) is 14.4 Å². The van der Waals surface area contributed by atoms with Crippen LogP contribution in [0.3, 0.4) is 0 Å². The van der Waals surface area contributed by atoms with Gasteiger partial charge >= 0.3 is 12.1 Å². The Bertz CT molecular complexity index is 1320. The molecule has 3 rings (SSSR count). The fraction of sp³-hybridized carbons (Fsp3) is 0.485. The van der Waals surface area contributed by atoms with Gasteiger partial charge in [-0.1, -0.05) is 51.6 Å². The SMILES string of the molecule is C=CCCCCOC(=O)NC(C(=O)N1C[C@](OC)(c2ccc3cc(OC)c(C=C)cc3c2)C[C@H]1C(=O)OC)C(C)(C)C. The lowest BCUT2D eigenvalue weighted by Gasteiger charge is -2.35. The Labute approximate surface area is 248 Å². The van der Waals surface area contributed by atoms with Crippen LogP contribution in [0.5, 0.6) is 5.75 Å². The fourth-order valence-corrected chi connectivity index (χ4v) is 5.37. The number of esters is 1. The van der Waals surface area contributed by atoms with Crippen LogP contribution in [-0.2, 0) is 29.4 Å². The zero-order valence-corrected chi connectivity index (χ0v) is 25.7. The van der Waals surface area contributed by atoms with Gasteiger partial charge in [0.2, 0.25) is 5.91 Å². The van der Waals surface area contributed by atoms with Gasteiger partial charge in [0.05, 0.1) is 27.4 Å². The minimum Gasteiger partial charge on any atom is -0.496 e. The van der Waals surface area contributed by atoms with Gasteiger partial charge < -0.3 is 29.2 Å². The van der Waals surface area contributed by atoms with Crippen LogP contribution in [0.25, 0.3) is 16.8 Å². The van der Waals surface area contributed by atoms with Crippen LogP contribution < -0.4 is 10.1 Å². The van der Waals surface area contributed by atoms with Crippen molar-refractivity contribution in [2.45, 2.75) is 64.1 Å². The van der Waals surface area contributed by atoms with E-state index in [-0.39, 0.29) is 19.6 Å². The van der Waals surface area contributed by atoms with E-state index in [2.05, 4.69) is 18.5 Å². The zero-order chi connectivity index (χ0) is 31.1. The summed E-state index contributed by atoms with van der Waals surface area (Å²) in [4.78, 5) is 41.3. The summed E-state index contributed by atoms with van der Waals surface area (Å²) in [6.45, 7) is 13.4. The molecule has 2 aromatic carbocycles. The molecule has 0 spiro atoms. The first kappa shape index (κ1) is 32.7. The average molecular weight is 581 g/mol. The molecule has 1 saturated heterocycles. The molecule has 1 N–H and O–H groups in total. The van der Waals surface area contributed by atoms with E-state index in [0.717, 1.165) is 34.7 Å². The lowest BCUT2D eigenvalue weighted by molar-refractivity contribution is -0.152. The van der Waals surface area contributed by atoms with Crippen molar-refractivity contribution in [1.82, 2.24) is 10.2 Å². The number of unbranched alkanes of at least 4 members (excludes halogenated alkanes) is 2. The maximum Gasteiger partial charge on any atom is 0.407 e. The molecule has 2 amide bonds. The zero-order valence-electron chi connectivity index (χ0n) is 25.7. The van der Waals surface area contributed by atoms with E-state index in [0.29, 0.717) is 12.2 Å². The van der Waals surface area contributed by atoms with E-state index in [4.69, 9.17) is 18.9 Å². The summed E-state index contributed by atoms with van der Waals surface area (Å²) >= 11 is 0. The van der Waals surface area contributed by atoms with E-state index in [1.54, 1.807) is 20.3 Å². The van der Waals surface area contributed by atoms with Crippen molar-refractivity contribution in [3.63, 3.8) is 0 Å². The minimum absolute atomic E-state index is 0.0862. The first-order valence-electron chi connectivity index (χ1n) is 14.2. The lowest BCUT2D eigenvalue weighted by Crippen LogP contribution is -2.57. The molecule has 0 radical (unpaired) electrons. The molecule has 1 unspecified atom stereocenters. The number of hydrogen-bond donors (Lipinski definition) is 1. The summed E-state index contributed by atoms with van der Waals surface area (Å²) in [5.74, 6) is -0.259. The minimum atomic E-state index is -0.995. The summed E-state index contributed by atoms with van der Waals surface area (Å²) < 4.78 is 22.1. The Balaban J connectivity index is 1.95. The Hall–Kier alpha value is -3.85. The van der Waals surface area contributed by atoms with E-state index in [1.165, 1.54) is 12.0 Å². The van der Waals surface area contributed by atoms with Crippen molar-refractivity contribution in [3.8, 4) is 5.75 Å². The number of fused-ring (bicyclic) bond motifs is 1. The van der Waals surface area contributed by atoms with Gasteiger partial charge in [0, 0.05) is 19.1 Å². The highest BCUT2D eigenvalue weighted by Gasteiger charge is 2.53. The molecule has 9 nitrogen and oxygen atoms in total. The molecule has 228 valence electrons. The Morgan fingerprint density at radius 2 is 1.83 bits per heavy atom. The summed E-state index contributed by atoms with van der Waals surface area (Å²) in [6, 6.07) is 7.93. The quantitative estimate of drug-likeness (QED) is 0.198. The lowest BCUT2D eigenvalue weighted by atomic mass is 9.85. The Morgan fingerprint density at radius 3 is 2.43 bits per heavy atom. The Morgan fingerprint density at radius 1 is 1.10 bits per heavy atom. The number of nitrogens with zero attached hydrogens (tertiary/aromatic N) is 1. The Kier molecular flexibility index (Phi) is 10.8. The predicted molar refractivity (Wildman–Crippen MR) is 163 cm³/mol. The summed E-state index contributed by atoms with van der Waals surface area (Å²) in [5, 5.41) is 4.64. The van der Waals surface area contributed by atoms with Gasteiger partial charge in [0.15, 0.2) is 0 Å². The molecule has 1 aliphatic rings. The molecular formula is C33H44N2O7. The molecule has 0 aliphatic carbocycles. The van der Waals surface area contributed by atoms with Gasteiger partial charge in [-0.3, -0.25) is 4.79 Å². The third-order valence-electron chi connectivity index (χ3n) is 7.82. The normalized spacial score (nSPS) is 19.2. The van der Waals surface area contributed by atoms with Crippen molar-refractivity contribution in [2.24, 2.45) is 5.41 Å². The number of allylic oxidation sites excluding steroid dienone is 1. The first-order chi connectivity index (χ1) is 19.9. The smallest absolute Gasteiger partial charge is 0.407 e. The molecule has 1 heterocycles. The number of hydrogen-bond acceptors (Lipinski definition) is 7. The second-order valence-corrected chi connectivity index (χ2v) is 11.6. The van der Waals surface area contributed by atoms with Crippen LogP contribution in [0.4, 0.5) is 4.79 Å². The van der Waals surface area contributed by atoms with Crippen LogP contribution in [0.2, 0.25) is 0 Å². The number of ether oxygens (including phenoxy) is 4. The monoisotopic (exact) mass is 580 g/mol. The van der Waals surface area contributed by atoms with E-state index < -0.39 is 41.1 Å². The highest BCUT2D eigenvalue weighted by Crippen LogP contribution is 2.42. The van der Waals surface area contributed by atoms with Crippen molar-refractivity contribution >= 4 is 34.8 Å². The van der Waals surface area contributed by atoms with Crippen LogP contribution >= 0.6 is 0 Å². The molecule has 0 saturated carbocycles. The third kappa shape index (κ3) is 7.13. The largest absolute Gasteiger partial charge is 0.496 e. The van der Waals surface area contributed by atoms with Crippen molar-refractivity contribution < 1.29 is 33.3 Å². The van der Waals surface area contributed by atoms with Crippen molar-refractivity contribution in [2.75, 3.05) is 34.5 Å². The van der Waals surface area contributed by atoms with Gasteiger partial charge in [-0.25, -0.2) is 9.59 Å². The average Bonchev–Trinajstić information content (AvgIpc) is 3.38. The molecule has 2 aromatic rings. The van der Waals surface area contributed by atoms with Crippen LogP contribution in [0.15, 0.2) is 49.6 Å². The number of rotatable bonds is 12. The number of likely N-dealkylation sites (tertiary alicyclic amines) is 1. The topological polar surface area (TPSA) is 103 Å². The molecule has 0 bridgehead atoms. The first-order valence-corrected chi connectivity index (χ1v) is 14.2. The molecule has 42 heavy (non-hydrogen) atoms. The second kappa shape index (κ2) is 13.9. The maximum atomic E-state index is 14.1.